The first-order chi connectivity index (χ1) is 31.4. The molecule has 9 aromatic carbocycles. The van der Waals surface area contributed by atoms with Crippen molar-refractivity contribution in [1.82, 2.24) is 0 Å². The van der Waals surface area contributed by atoms with Crippen molar-refractivity contribution in [1.29, 1.82) is 0 Å². The molecule has 1 heteroatoms. The van der Waals surface area contributed by atoms with Crippen LogP contribution < -0.4 is 0 Å². The van der Waals surface area contributed by atoms with Gasteiger partial charge in [-0.25, -0.2) is 0 Å². The van der Waals surface area contributed by atoms with Gasteiger partial charge < -0.3 is 4.42 Å². The number of furan rings is 1. The van der Waals surface area contributed by atoms with Crippen LogP contribution in [0, 0.1) is 0 Å². The fourth-order valence-electron chi connectivity index (χ4n) is 6.69. The van der Waals surface area contributed by atoms with Gasteiger partial charge in [-0.3, -0.25) is 0 Å². The highest BCUT2D eigenvalue weighted by atomic mass is 16.3. The van der Waals surface area contributed by atoms with Gasteiger partial charge in [0.25, 0.3) is 0 Å². The maximum Gasteiger partial charge on any atom is 0.136 e. The van der Waals surface area contributed by atoms with E-state index in [4.69, 9.17) is 19.5 Å². The van der Waals surface area contributed by atoms with Crippen molar-refractivity contribution in [3.63, 3.8) is 0 Å². The van der Waals surface area contributed by atoms with E-state index in [0.717, 1.165) is 27.3 Å². The fraction of sp³-hybridized carbons (Fsp3) is 0. The summed E-state index contributed by atoms with van der Waals surface area (Å²) in [6, 6.07) is 11.7. The van der Waals surface area contributed by atoms with E-state index in [2.05, 4.69) is 0 Å². The van der Waals surface area contributed by atoms with E-state index in [-0.39, 0.29) is 11.1 Å². The standard InChI is InChI=1S/C48H30O/c1-2-13-32(14-3-1)47-41-19-6-8-21-43(41)48(44-22-9-7-20-42(44)47)36-17-10-16-33(28-36)34-24-26-39-40-27-25-35(30-46(40)49-45(39)29-34)38-23-11-15-31-12-4-5-18-37(31)38/h1-30H/i1D,2D,3D,6D,7D,8D,9D,10D,13D,14D,16D,17D,19D,20D,21D,22D,28D. The van der Waals surface area contributed by atoms with Crippen LogP contribution in [0.5, 0.6) is 0 Å². The highest BCUT2D eigenvalue weighted by Gasteiger charge is 2.17. The Balaban J connectivity index is 1.31. The molecule has 0 N–H and O–H groups in total. The Bertz CT molecular complexity index is 3740. The van der Waals surface area contributed by atoms with Gasteiger partial charge in [0.05, 0.1) is 23.3 Å². The van der Waals surface area contributed by atoms with Gasteiger partial charge in [-0.1, -0.05) is 151 Å². The molecule has 1 heterocycles. The second-order valence-electron chi connectivity index (χ2n) is 11.6. The second-order valence-corrected chi connectivity index (χ2v) is 11.6. The normalized spacial score (nSPS) is 16.5. The van der Waals surface area contributed by atoms with E-state index in [0.29, 0.717) is 16.6 Å². The molecule has 0 atom stereocenters. The van der Waals surface area contributed by atoms with Gasteiger partial charge in [0.1, 0.15) is 11.2 Å². The molecule has 0 bridgehead atoms. The third kappa shape index (κ3) is 4.47. The van der Waals surface area contributed by atoms with Crippen LogP contribution in [-0.2, 0) is 0 Å². The van der Waals surface area contributed by atoms with E-state index in [1.54, 1.807) is 18.2 Å². The van der Waals surface area contributed by atoms with E-state index >= 15 is 0 Å². The maximum absolute atomic E-state index is 9.79. The van der Waals surface area contributed by atoms with Crippen LogP contribution >= 0.6 is 0 Å². The molecule has 0 amide bonds. The lowest BCUT2D eigenvalue weighted by atomic mass is 9.85. The van der Waals surface area contributed by atoms with Crippen LogP contribution in [0.3, 0.4) is 0 Å². The largest absolute Gasteiger partial charge is 0.456 e. The van der Waals surface area contributed by atoms with Crippen molar-refractivity contribution in [3.05, 3.63) is 182 Å². The first-order valence-corrected chi connectivity index (χ1v) is 15.5. The Morgan fingerprint density at radius 1 is 0.367 bits per heavy atom. The molecular formula is C48H30O. The van der Waals surface area contributed by atoms with Crippen LogP contribution in [0.2, 0.25) is 0 Å². The molecule has 0 aliphatic rings. The third-order valence-electron chi connectivity index (χ3n) is 8.86. The summed E-state index contributed by atoms with van der Waals surface area (Å²) in [5.74, 6) is 0. The molecule has 10 rings (SSSR count). The van der Waals surface area contributed by atoms with Crippen molar-refractivity contribution in [3.8, 4) is 44.5 Å². The summed E-state index contributed by atoms with van der Waals surface area (Å²) in [6.07, 6.45) is 0. The molecule has 1 nitrogen and oxygen atoms in total. The van der Waals surface area contributed by atoms with Gasteiger partial charge in [0.2, 0.25) is 0 Å². The highest BCUT2D eigenvalue weighted by Crippen LogP contribution is 2.44. The topological polar surface area (TPSA) is 13.1 Å². The summed E-state index contributed by atoms with van der Waals surface area (Å²) >= 11 is 0. The van der Waals surface area contributed by atoms with E-state index in [9.17, 15) is 8.22 Å². The zero-order valence-electron chi connectivity index (χ0n) is 42.4. The lowest BCUT2D eigenvalue weighted by molar-refractivity contribution is 0.669. The average molecular weight is 640 g/mol. The van der Waals surface area contributed by atoms with Gasteiger partial charge in [-0.2, -0.15) is 0 Å². The highest BCUT2D eigenvalue weighted by molar-refractivity contribution is 6.21. The van der Waals surface area contributed by atoms with Crippen molar-refractivity contribution in [2.75, 3.05) is 0 Å². The molecular weight excluding hydrogens is 593 g/mol. The third-order valence-corrected chi connectivity index (χ3v) is 8.86. The Kier molecular flexibility index (Phi) is 3.54. The van der Waals surface area contributed by atoms with E-state index in [1.807, 2.05) is 60.7 Å². The van der Waals surface area contributed by atoms with Crippen LogP contribution in [0.25, 0.3) is 98.8 Å². The molecule has 0 spiro atoms. The summed E-state index contributed by atoms with van der Waals surface area (Å²) in [5.41, 5.74) is 0.728. The van der Waals surface area contributed by atoms with Crippen LogP contribution in [0.15, 0.2) is 186 Å². The number of rotatable bonds is 4. The van der Waals surface area contributed by atoms with Gasteiger partial charge in [-0.15, -0.1) is 0 Å². The molecule has 0 radical (unpaired) electrons. The van der Waals surface area contributed by atoms with Gasteiger partial charge >= 0.3 is 0 Å². The Morgan fingerprint density at radius 3 is 1.63 bits per heavy atom. The molecule has 0 saturated heterocycles. The van der Waals surface area contributed by atoms with E-state index < -0.39 is 147 Å². The monoisotopic (exact) mass is 639 g/mol. The SMILES string of the molecule is [2H]c1c([2H])c([2H])c(-c2c3c([2H])c([2H])c([2H])c([2H])c3c(-c3c([2H])c([2H])c([2H])c(-c4ccc5c(c4)oc4cc(-c6cccc7ccccc67)ccc45)c3[2H])c3c([2H])c([2H])c([2H])c([2H])c23)c([2H])c1[2H]. The molecule has 0 aliphatic heterocycles. The lowest BCUT2D eigenvalue weighted by Crippen LogP contribution is -1.91. The molecule has 0 aliphatic carbocycles. The summed E-state index contributed by atoms with van der Waals surface area (Å²) in [7, 11) is 0. The predicted octanol–water partition coefficient (Wildman–Crippen LogP) is 13.7. The number of benzene rings is 9. The van der Waals surface area contributed by atoms with Crippen molar-refractivity contribution in [2.24, 2.45) is 0 Å². The predicted molar refractivity (Wildman–Crippen MR) is 208 cm³/mol. The van der Waals surface area contributed by atoms with Crippen molar-refractivity contribution in [2.45, 2.75) is 0 Å². The number of fused-ring (bicyclic) bond motifs is 6. The first-order valence-electron chi connectivity index (χ1n) is 24.0. The molecule has 0 fully saturated rings. The summed E-state index contributed by atoms with van der Waals surface area (Å²) in [4.78, 5) is 0. The number of hydrogen-bond acceptors (Lipinski definition) is 1. The summed E-state index contributed by atoms with van der Waals surface area (Å²) in [5, 5.41) is 1.58. The molecule has 49 heavy (non-hydrogen) atoms. The fourth-order valence-corrected chi connectivity index (χ4v) is 6.69. The van der Waals surface area contributed by atoms with Gasteiger partial charge in [0.15, 0.2) is 0 Å². The Labute approximate surface area is 308 Å². The second kappa shape index (κ2) is 11.1. The average Bonchev–Trinajstić information content (AvgIpc) is 3.68. The Morgan fingerprint density at radius 2 is 0.918 bits per heavy atom. The molecule has 228 valence electrons. The molecule has 0 saturated carbocycles. The summed E-state index contributed by atoms with van der Waals surface area (Å²) < 4.78 is 159. The number of hydrogen-bond donors (Lipinski definition) is 0. The van der Waals surface area contributed by atoms with Gasteiger partial charge in [-0.05, 0) is 107 Å². The van der Waals surface area contributed by atoms with Crippen LogP contribution in [-0.4, -0.2) is 0 Å². The van der Waals surface area contributed by atoms with Gasteiger partial charge in [0, 0.05) is 10.8 Å². The Hall–Kier alpha value is -6.44. The van der Waals surface area contributed by atoms with E-state index in [1.165, 1.54) is 0 Å². The first kappa shape index (κ1) is 15.6. The maximum atomic E-state index is 9.79. The molecule has 1 aromatic heterocycles. The molecule has 0 unspecified atom stereocenters. The quantitative estimate of drug-likeness (QED) is 0.175. The molecule has 10 aromatic rings. The zero-order chi connectivity index (χ0) is 47.1. The van der Waals surface area contributed by atoms with Crippen molar-refractivity contribution >= 4 is 54.3 Å². The van der Waals surface area contributed by atoms with Crippen molar-refractivity contribution < 1.29 is 27.7 Å². The zero-order valence-corrected chi connectivity index (χ0v) is 25.4. The van der Waals surface area contributed by atoms with Crippen LogP contribution in [0.4, 0.5) is 0 Å². The lowest BCUT2D eigenvalue weighted by Gasteiger charge is -2.18. The smallest absolute Gasteiger partial charge is 0.136 e. The minimum absolute atomic E-state index is 0.192. The minimum Gasteiger partial charge on any atom is -0.456 e. The minimum atomic E-state index is -0.823. The summed E-state index contributed by atoms with van der Waals surface area (Å²) in [6.45, 7) is 0. The van der Waals surface area contributed by atoms with Crippen LogP contribution in [0.1, 0.15) is 23.3 Å².